The number of nitrogen functional groups attached to an aromatic ring is 1. The average molecular weight is 403 g/mol. The third-order valence-corrected chi connectivity index (χ3v) is 4.71. The van der Waals surface area contributed by atoms with Gasteiger partial charge in [-0.25, -0.2) is 4.39 Å². The van der Waals surface area contributed by atoms with E-state index in [1.807, 2.05) is 0 Å². The lowest BCUT2D eigenvalue weighted by atomic mass is 9.96. The Morgan fingerprint density at radius 2 is 2.35 bits per heavy atom. The van der Waals surface area contributed by atoms with Crippen molar-refractivity contribution in [2.75, 3.05) is 5.73 Å². The summed E-state index contributed by atoms with van der Waals surface area (Å²) in [5.74, 6) is 1.24. The number of aliphatic hydroxyl groups is 2. The Balaban J connectivity index is 2.24. The summed E-state index contributed by atoms with van der Waals surface area (Å²) < 4.78 is 21.0. The highest BCUT2D eigenvalue weighted by atomic mass is 35.5. The molecule has 0 spiro atoms. The fourth-order valence-corrected chi connectivity index (χ4v) is 3.42. The van der Waals surface area contributed by atoms with Gasteiger partial charge in [0.25, 0.3) is 5.56 Å². The number of alkyl halides is 1. The molecule has 3 heterocycles. The Morgan fingerprint density at radius 1 is 1.65 bits per heavy atom. The van der Waals surface area contributed by atoms with E-state index in [4.69, 9.17) is 33.7 Å². The lowest BCUT2D eigenvalue weighted by Gasteiger charge is -2.25. The normalized spacial score (nSPS) is 29.3. The first kappa shape index (κ1) is 18.7. The third kappa shape index (κ3) is 2.67. The number of hydrogen-bond acceptors (Lipinski definition) is 6. The van der Waals surface area contributed by atoms with E-state index in [1.165, 1.54) is 0 Å². The van der Waals surface area contributed by atoms with E-state index < -0.39 is 40.8 Å². The fraction of sp³-hybridized carbons (Fsp3) is 0.333. The van der Waals surface area contributed by atoms with Gasteiger partial charge >= 0.3 is 0 Å². The molecule has 0 amide bonds. The van der Waals surface area contributed by atoms with Gasteiger partial charge in [0.15, 0.2) is 22.6 Å². The number of anilines is 1. The Kier molecular flexibility index (Phi) is 4.72. The van der Waals surface area contributed by atoms with Crippen molar-refractivity contribution in [3.05, 3.63) is 35.0 Å². The van der Waals surface area contributed by atoms with E-state index in [9.17, 15) is 19.4 Å². The van der Waals surface area contributed by atoms with Gasteiger partial charge in [-0.1, -0.05) is 23.6 Å². The monoisotopic (exact) mass is 402 g/mol. The smallest absolute Gasteiger partial charge is 0.264 e. The molecule has 1 aliphatic heterocycles. The van der Waals surface area contributed by atoms with Crippen LogP contribution in [-0.4, -0.2) is 47.9 Å². The van der Waals surface area contributed by atoms with Gasteiger partial charge in [0.1, 0.15) is 23.7 Å². The van der Waals surface area contributed by atoms with E-state index in [1.54, 1.807) is 0 Å². The molecule has 3 rings (SSSR count). The molecule has 2 aromatic rings. The van der Waals surface area contributed by atoms with Gasteiger partial charge < -0.3 is 20.7 Å². The van der Waals surface area contributed by atoms with Gasteiger partial charge in [-0.15, -0.1) is 6.58 Å². The summed E-state index contributed by atoms with van der Waals surface area (Å²) in [6, 6.07) is 0. The van der Waals surface area contributed by atoms with Crippen LogP contribution in [0.15, 0.2) is 23.6 Å². The highest BCUT2D eigenvalue weighted by molar-refractivity contribution is 6.32. The predicted octanol–water partition coefficient (Wildman–Crippen LogP) is 0.428. The molecular weight excluding hydrogens is 390 g/mol. The molecule has 5 atom stereocenters. The maximum Gasteiger partial charge on any atom is 0.264 e. The lowest BCUT2D eigenvalue weighted by molar-refractivity contribution is -0.0662. The summed E-state index contributed by atoms with van der Waals surface area (Å²) in [6.07, 6.45) is -3.33. The van der Waals surface area contributed by atoms with Crippen LogP contribution in [-0.2, 0) is 4.74 Å². The van der Waals surface area contributed by atoms with Gasteiger partial charge in [-0.2, -0.15) is 4.98 Å². The molecule has 1 saturated heterocycles. The minimum Gasteiger partial charge on any atom is -0.387 e. The number of nitrogens with one attached hydrogen (secondary N) is 1. The summed E-state index contributed by atoms with van der Waals surface area (Å²) in [6.45, 7) is 3.42. The molecule has 1 fully saturated rings. The molecule has 0 bridgehead atoms. The highest BCUT2D eigenvalue weighted by Crippen LogP contribution is 2.45. The molecule has 0 radical (unpaired) electrons. The first-order valence-electron chi connectivity index (χ1n) is 7.26. The molecule has 0 saturated carbocycles. The zero-order chi connectivity index (χ0) is 19.2. The van der Waals surface area contributed by atoms with Crippen LogP contribution in [0.2, 0.25) is 0 Å². The van der Waals surface area contributed by atoms with Gasteiger partial charge in [0, 0.05) is 11.6 Å². The second-order valence-electron chi connectivity index (χ2n) is 5.65. The van der Waals surface area contributed by atoms with Gasteiger partial charge in [0.2, 0.25) is 5.95 Å². The number of fused-ring (bicyclic) bond motifs is 1. The van der Waals surface area contributed by atoms with Crippen LogP contribution in [0.25, 0.3) is 11.0 Å². The third-order valence-electron chi connectivity index (χ3n) is 4.11. The van der Waals surface area contributed by atoms with Crippen LogP contribution in [0.3, 0.4) is 0 Å². The van der Waals surface area contributed by atoms with Crippen LogP contribution in [0, 0.1) is 17.1 Å². The molecular formula is C15H13Cl2FN4O4. The van der Waals surface area contributed by atoms with Crippen LogP contribution in [0.5, 0.6) is 0 Å². The van der Waals surface area contributed by atoms with Crippen molar-refractivity contribution in [2.45, 2.75) is 29.4 Å². The maximum atomic E-state index is 14.3. The molecule has 5 N–H and O–H groups in total. The summed E-state index contributed by atoms with van der Waals surface area (Å²) in [5, 5.41) is 22.2. The minimum absolute atomic E-state index is 0.170. The quantitative estimate of drug-likeness (QED) is 0.335. The molecule has 1 aliphatic rings. The van der Waals surface area contributed by atoms with Gasteiger partial charge in [-0.05, 0) is 11.6 Å². The molecule has 11 heteroatoms. The van der Waals surface area contributed by atoms with Crippen molar-refractivity contribution < 1.29 is 19.3 Å². The Hall–Kier alpha value is -2.09. The van der Waals surface area contributed by atoms with Crippen molar-refractivity contribution in [2.24, 2.45) is 0 Å². The number of aromatic nitrogens is 3. The summed E-state index contributed by atoms with van der Waals surface area (Å²) in [4.78, 5) is 16.2. The molecule has 8 nitrogen and oxygen atoms in total. The summed E-state index contributed by atoms with van der Waals surface area (Å²) >= 11 is 11.9. The molecule has 2 aromatic heterocycles. The number of aliphatic hydroxyl groups excluding tert-OH is 2. The SMILES string of the molecule is C=C[C@@H](O)[C@H]1O[C@@H](n2cc(F)c3c(=O)[nH]c(N)nc32)C(Cl)(C#CCl)C1O. The van der Waals surface area contributed by atoms with E-state index in [-0.39, 0.29) is 17.0 Å². The molecule has 0 aliphatic carbocycles. The fourth-order valence-electron chi connectivity index (χ4n) is 2.89. The van der Waals surface area contributed by atoms with Crippen molar-refractivity contribution >= 4 is 40.2 Å². The topological polar surface area (TPSA) is 126 Å². The minimum atomic E-state index is -1.87. The molecule has 2 unspecified atom stereocenters. The Morgan fingerprint density at radius 3 is 2.96 bits per heavy atom. The highest BCUT2D eigenvalue weighted by Gasteiger charge is 2.57. The Bertz CT molecular complexity index is 997. The number of aromatic amines is 1. The van der Waals surface area contributed by atoms with Gasteiger partial charge in [0.05, 0.1) is 0 Å². The first-order chi connectivity index (χ1) is 12.2. The summed E-state index contributed by atoms with van der Waals surface area (Å²) in [7, 11) is 0. The first-order valence-corrected chi connectivity index (χ1v) is 8.01. The van der Waals surface area contributed by atoms with E-state index in [2.05, 4.69) is 27.8 Å². The number of halogens is 3. The van der Waals surface area contributed by atoms with E-state index >= 15 is 0 Å². The van der Waals surface area contributed by atoms with Crippen molar-refractivity contribution in [3.8, 4) is 11.3 Å². The second kappa shape index (κ2) is 6.57. The predicted molar refractivity (Wildman–Crippen MR) is 93.1 cm³/mol. The van der Waals surface area contributed by atoms with E-state index in [0.717, 1.165) is 16.8 Å². The van der Waals surface area contributed by atoms with Crippen LogP contribution >= 0.6 is 23.2 Å². The zero-order valence-corrected chi connectivity index (χ0v) is 14.5. The Labute approximate surface area is 156 Å². The van der Waals surface area contributed by atoms with Crippen LogP contribution in [0.1, 0.15) is 6.23 Å². The largest absolute Gasteiger partial charge is 0.387 e. The number of nitrogens with two attached hydrogens (primary N) is 1. The lowest BCUT2D eigenvalue weighted by Crippen LogP contribution is -2.43. The number of H-pyrrole nitrogens is 1. The molecule has 0 aromatic carbocycles. The number of rotatable bonds is 3. The second-order valence-corrected chi connectivity index (χ2v) is 6.46. The molecule has 26 heavy (non-hydrogen) atoms. The number of hydrogen-bond donors (Lipinski definition) is 4. The average Bonchev–Trinajstić information content (AvgIpc) is 3.03. The van der Waals surface area contributed by atoms with Crippen molar-refractivity contribution in [1.82, 2.24) is 14.5 Å². The van der Waals surface area contributed by atoms with E-state index in [0.29, 0.717) is 0 Å². The van der Waals surface area contributed by atoms with Crippen molar-refractivity contribution in [1.29, 1.82) is 0 Å². The van der Waals surface area contributed by atoms with Gasteiger partial charge in [-0.3, -0.25) is 14.3 Å². The van der Waals surface area contributed by atoms with Crippen LogP contribution in [0.4, 0.5) is 10.3 Å². The number of nitrogens with zero attached hydrogens (tertiary/aromatic N) is 2. The maximum absolute atomic E-state index is 14.3. The zero-order valence-electron chi connectivity index (χ0n) is 13.0. The van der Waals surface area contributed by atoms with Crippen LogP contribution < -0.4 is 11.3 Å². The van der Waals surface area contributed by atoms with Crippen molar-refractivity contribution in [3.63, 3.8) is 0 Å². The molecule has 138 valence electrons. The summed E-state index contributed by atoms with van der Waals surface area (Å²) in [5.41, 5.74) is 4.56. The number of ether oxygens (including phenoxy) is 1. The standard InChI is InChI=1S/C15H13Cl2FN4O4/c1-2-7(23)9-10(24)15(17,3-4-16)13(26-9)22-5-6(18)8-11(22)20-14(19)21-12(8)25/h2,5,7,9-10,13,23-24H,1H2,(H3,19,20,21,25)/t7-,9-,10?,13-,15?/m1/s1.